The van der Waals surface area contributed by atoms with Gasteiger partial charge in [-0.15, -0.1) is 11.3 Å². The molecule has 0 saturated carbocycles. The summed E-state index contributed by atoms with van der Waals surface area (Å²) >= 11 is 5.04. The number of amides is 1. The summed E-state index contributed by atoms with van der Waals surface area (Å²) in [6, 6.07) is 12.8. The summed E-state index contributed by atoms with van der Waals surface area (Å²) in [6.07, 6.45) is 0. The monoisotopic (exact) mass is 338 g/mol. The van der Waals surface area contributed by atoms with Crippen LogP contribution in [-0.2, 0) is 11.3 Å². The van der Waals surface area contributed by atoms with E-state index in [1.807, 2.05) is 42.5 Å². The van der Waals surface area contributed by atoms with E-state index >= 15 is 0 Å². The van der Waals surface area contributed by atoms with Gasteiger partial charge in [0.2, 0.25) is 5.91 Å². The van der Waals surface area contributed by atoms with Crippen LogP contribution in [0.1, 0.15) is 16.5 Å². The van der Waals surface area contributed by atoms with E-state index in [1.165, 1.54) is 0 Å². The first kappa shape index (κ1) is 14.2. The molecule has 0 saturated heterocycles. The zero-order valence-corrected chi connectivity index (χ0v) is 12.9. The number of benzene rings is 1. The van der Waals surface area contributed by atoms with Gasteiger partial charge in [0.1, 0.15) is 6.04 Å². The number of thiophene rings is 1. The van der Waals surface area contributed by atoms with Crippen LogP contribution in [0, 0.1) is 0 Å². The molecule has 0 aliphatic rings. The first-order chi connectivity index (χ1) is 9.08. The van der Waals surface area contributed by atoms with Crippen molar-refractivity contribution in [3.63, 3.8) is 0 Å². The van der Waals surface area contributed by atoms with Crippen LogP contribution in [0.25, 0.3) is 0 Å². The molecule has 0 radical (unpaired) electrons. The van der Waals surface area contributed by atoms with Gasteiger partial charge in [-0.05, 0) is 33.6 Å². The van der Waals surface area contributed by atoms with E-state index in [0.29, 0.717) is 6.54 Å². The smallest absolute Gasteiger partial charge is 0.244 e. The minimum absolute atomic E-state index is 0.0734. The highest BCUT2D eigenvalue weighted by Crippen LogP contribution is 2.23. The lowest BCUT2D eigenvalue weighted by Crippen LogP contribution is -2.35. The number of rotatable bonds is 4. The minimum atomic E-state index is -0.602. The summed E-state index contributed by atoms with van der Waals surface area (Å²) in [6.45, 7) is 0.579. The average Bonchev–Trinajstić information content (AvgIpc) is 2.83. The third-order valence-electron chi connectivity index (χ3n) is 2.82. The molecule has 0 bridgehead atoms. The number of carbonyl (C=O) groups excluding carboxylic acids is 1. The quantitative estimate of drug-likeness (QED) is 0.930. The average molecular weight is 339 g/mol. The molecule has 0 unspecified atom stereocenters. The number of hydrogen-bond acceptors (Lipinski definition) is 3. The fourth-order valence-corrected chi connectivity index (χ4v) is 3.33. The van der Waals surface area contributed by atoms with Crippen LogP contribution in [0.15, 0.2) is 46.3 Å². The summed E-state index contributed by atoms with van der Waals surface area (Å²) in [5, 5.41) is 0. The normalized spacial score (nSPS) is 12.2. The van der Waals surface area contributed by atoms with Gasteiger partial charge in [0, 0.05) is 11.9 Å². The fourth-order valence-electron chi connectivity index (χ4n) is 1.79. The van der Waals surface area contributed by atoms with Crippen LogP contribution < -0.4 is 5.73 Å². The van der Waals surface area contributed by atoms with Gasteiger partial charge in [-0.3, -0.25) is 4.79 Å². The maximum absolute atomic E-state index is 12.2. The molecule has 0 spiro atoms. The highest BCUT2D eigenvalue weighted by molar-refractivity contribution is 9.11. The molecule has 1 aromatic heterocycles. The third-order valence-corrected chi connectivity index (χ3v) is 4.43. The molecular formula is C14H15BrN2OS. The Morgan fingerprint density at radius 2 is 2.00 bits per heavy atom. The van der Waals surface area contributed by atoms with Gasteiger partial charge in [-0.1, -0.05) is 30.3 Å². The van der Waals surface area contributed by atoms with Crippen LogP contribution >= 0.6 is 27.3 Å². The van der Waals surface area contributed by atoms with Crippen molar-refractivity contribution in [3.05, 3.63) is 56.7 Å². The Bertz CT molecular complexity index is 556. The molecule has 1 amide bonds. The van der Waals surface area contributed by atoms with Gasteiger partial charge in [0.05, 0.1) is 10.3 Å². The number of nitrogens with two attached hydrogens (primary N) is 1. The second-order valence-corrected chi connectivity index (χ2v) is 6.84. The van der Waals surface area contributed by atoms with Crippen molar-refractivity contribution in [2.75, 3.05) is 7.05 Å². The number of hydrogen-bond donors (Lipinski definition) is 1. The first-order valence-electron chi connectivity index (χ1n) is 5.87. The van der Waals surface area contributed by atoms with Gasteiger partial charge in [-0.25, -0.2) is 0 Å². The molecule has 3 nitrogen and oxygen atoms in total. The van der Waals surface area contributed by atoms with Crippen LogP contribution in [-0.4, -0.2) is 17.9 Å². The van der Waals surface area contributed by atoms with E-state index in [9.17, 15) is 4.79 Å². The Labute approximate surface area is 125 Å². The van der Waals surface area contributed by atoms with Crippen molar-refractivity contribution in [1.29, 1.82) is 0 Å². The van der Waals surface area contributed by atoms with Gasteiger partial charge in [0.15, 0.2) is 0 Å². The van der Waals surface area contributed by atoms with Crippen LogP contribution in [0.5, 0.6) is 0 Å². The Hall–Kier alpha value is -1.17. The number of halogens is 1. The summed E-state index contributed by atoms with van der Waals surface area (Å²) in [5.41, 5.74) is 6.84. The largest absolute Gasteiger partial charge is 0.339 e. The highest BCUT2D eigenvalue weighted by Gasteiger charge is 2.19. The molecule has 0 aliphatic carbocycles. The lowest BCUT2D eigenvalue weighted by Gasteiger charge is -2.21. The van der Waals surface area contributed by atoms with E-state index in [1.54, 1.807) is 23.3 Å². The van der Waals surface area contributed by atoms with E-state index in [-0.39, 0.29) is 5.91 Å². The summed E-state index contributed by atoms with van der Waals surface area (Å²) in [5.74, 6) is -0.0734. The van der Waals surface area contributed by atoms with E-state index in [4.69, 9.17) is 5.73 Å². The van der Waals surface area contributed by atoms with Crippen molar-refractivity contribution in [2.45, 2.75) is 12.6 Å². The van der Waals surface area contributed by atoms with Crippen LogP contribution in [0.4, 0.5) is 0 Å². The summed E-state index contributed by atoms with van der Waals surface area (Å²) < 4.78 is 1.07. The van der Waals surface area contributed by atoms with Crippen molar-refractivity contribution in [2.24, 2.45) is 5.73 Å². The summed E-state index contributed by atoms with van der Waals surface area (Å²) in [7, 11) is 1.78. The zero-order valence-electron chi connectivity index (χ0n) is 10.5. The second-order valence-electron chi connectivity index (χ2n) is 4.29. The number of likely N-dealkylation sites (N-methyl/N-ethyl adjacent to an activating group) is 1. The molecule has 1 atom stereocenters. The number of carbonyl (C=O) groups is 1. The number of nitrogens with zero attached hydrogens (tertiary/aromatic N) is 1. The molecule has 5 heteroatoms. The molecule has 19 heavy (non-hydrogen) atoms. The van der Waals surface area contributed by atoms with Crippen molar-refractivity contribution >= 4 is 33.2 Å². The van der Waals surface area contributed by atoms with Crippen molar-refractivity contribution in [3.8, 4) is 0 Å². The lowest BCUT2D eigenvalue weighted by molar-refractivity contribution is -0.131. The Kier molecular flexibility index (Phi) is 4.74. The predicted octanol–water partition coefficient (Wildman–Crippen LogP) is 3.17. The lowest BCUT2D eigenvalue weighted by atomic mass is 10.1. The van der Waals surface area contributed by atoms with Crippen LogP contribution in [0.2, 0.25) is 0 Å². The van der Waals surface area contributed by atoms with Crippen molar-refractivity contribution in [1.82, 2.24) is 4.90 Å². The summed E-state index contributed by atoms with van der Waals surface area (Å²) in [4.78, 5) is 15.0. The fraction of sp³-hybridized carbons (Fsp3) is 0.214. The molecule has 2 N–H and O–H groups in total. The molecule has 1 heterocycles. The van der Waals surface area contributed by atoms with Gasteiger partial charge in [0.25, 0.3) is 0 Å². The molecule has 2 aromatic rings. The molecule has 0 aliphatic heterocycles. The Morgan fingerprint density at radius 1 is 1.32 bits per heavy atom. The SMILES string of the molecule is CN(Cc1ccc(Br)s1)C(=O)[C@H](N)c1ccccc1. The molecule has 100 valence electrons. The molecular weight excluding hydrogens is 324 g/mol. The van der Waals surface area contributed by atoms with Gasteiger partial charge in [-0.2, -0.15) is 0 Å². The van der Waals surface area contributed by atoms with Crippen LogP contribution in [0.3, 0.4) is 0 Å². The maximum atomic E-state index is 12.2. The molecule has 0 fully saturated rings. The topological polar surface area (TPSA) is 46.3 Å². The second kappa shape index (κ2) is 6.32. The third kappa shape index (κ3) is 3.65. The van der Waals surface area contributed by atoms with E-state index in [2.05, 4.69) is 15.9 Å². The Morgan fingerprint density at radius 3 is 2.58 bits per heavy atom. The highest BCUT2D eigenvalue weighted by atomic mass is 79.9. The minimum Gasteiger partial charge on any atom is -0.339 e. The molecule has 1 aromatic carbocycles. The standard InChI is InChI=1S/C14H15BrN2OS/c1-17(9-11-7-8-12(15)19-11)14(18)13(16)10-5-3-2-4-6-10/h2-8,13H,9,16H2,1H3/t13-/m1/s1. The van der Waals surface area contributed by atoms with E-state index in [0.717, 1.165) is 14.2 Å². The van der Waals surface area contributed by atoms with Crippen molar-refractivity contribution < 1.29 is 4.79 Å². The predicted molar refractivity (Wildman–Crippen MR) is 81.9 cm³/mol. The van der Waals surface area contributed by atoms with Gasteiger partial charge >= 0.3 is 0 Å². The maximum Gasteiger partial charge on any atom is 0.244 e. The first-order valence-corrected chi connectivity index (χ1v) is 7.48. The van der Waals surface area contributed by atoms with E-state index < -0.39 is 6.04 Å². The van der Waals surface area contributed by atoms with Gasteiger partial charge < -0.3 is 10.6 Å². The Balaban J connectivity index is 2.03. The molecule has 2 rings (SSSR count). The zero-order chi connectivity index (χ0) is 13.8.